The van der Waals surface area contributed by atoms with Crippen molar-refractivity contribution in [1.29, 1.82) is 0 Å². The summed E-state index contributed by atoms with van der Waals surface area (Å²) in [6.45, 7) is 5.68. The molecule has 1 fully saturated rings. The Labute approximate surface area is 138 Å². The third-order valence-electron chi connectivity index (χ3n) is 4.12. The first kappa shape index (κ1) is 16.7. The van der Waals surface area contributed by atoms with E-state index >= 15 is 0 Å². The van der Waals surface area contributed by atoms with Crippen LogP contribution in [0.15, 0.2) is 36.5 Å². The highest BCUT2D eigenvalue weighted by molar-refractivity contribution is 5.32. The molecule has 1 aromatic carbocycles. The molecule has 0 unspecified atom stereocenters. The van der Waals surface area contributed by atoms with Gasteiger partial charge in [0.15, 0.2) is 0 Å². The smallest absolute Gasteiger partial charge is 0.338 e. The maximum Gasteiger partial charge on any atom is 0.433 e. The molecule has 1 aromatic heterocycles. The van der Waals surface area contributed by atoms with Crippen molar-refractivity contribution in [3.63, 3.8) is 0 Å². The van der Waals surface area contributed by atoms with E-state index in [9.17, 15) is 13.2 Å². The molecule has 0 radical (unpaired) electrons. The van der Waals surface area contributed by atoms with Gasteiger partial charge in [0.05, 0.1) is 0 Å². The Morgan fingerprint density at radius 2 is 1.67 bits per heavy atom. The standard InChI is InChI=1S/C17H19F3N4/c1-13-2-4-14(5-3-13)12-23-8-10-24(11-9-23)16-21-7-6-15(22-16)17(18,19)20/h2-7H,8-12H2,1H3. The topological polar surface area (TPSA) is 32.3 Å². The van der Waals surface area contributed by atoms with Crippen LogP contribution in [0.4, 0.5) is 19.1 Å². The van der Waals surface area contributed by atoms with E-state index in [0.29, 0.717) is 13.1 Å². The van der Waals surface area contributed by atoms with Crippen molar-refractivity contribution in [3.05, 3.63) is 53.3 Å². The monoisotopic (exact) mass is 336 g/mol. The Kier molecular flexibility index (Phi) is 4.71. The summed E-state index contributed by atoms with van der Waals surface area (Å²) < 4.78 is 38.3. The van der Waals surface area contributed by atoms with Gasteiger partial charge in [0.25, 0.3) is 0 Å². The summed E-state index contributed by atoms with van der Waals surface area (Å²) in [5.74, 6) is 0.153. The van der Waals surface area contributed by atoms with Crippen LogP contribution >= 0.6 is 0 Å². The lowest BCUT2D eigenvalue weighted by Crippen LogP contribution is -2.46. The van der Waals surface area contributed by atoms with Gasteiger partial charge in [-0.1, -0.05) is 29.8 Å². The fraction of sp³-hybridized carbons (Fsp3) is 0.412. The van der Waals surface area contributed by atoms with Crippen LogP contribution in [0.5, 0.6) is 0 Å². The van der Waals surface area contributed by atoms with Gasteiger partial charge in [-0.15, -0.1) is 0 Å². The zero-order chi connectivity index (χ0) is 17.2. The van der Waals surface area contributed by atoms with Crippen LogP contribution in [0.25, 0.3) is 0 Å². The summed E-state index contributed by atoms with van der Waals surface area (Å²) in [5, 5.41) is 0. The zero-order valence-corrected chi connectivity index (χ0v) is 13.4. The predicted octanol–water partition coefficient (Wildman–Crippen LogP) is 3.13. The zero-order valence-electron chi connectivity index (χ0n) is 13.4. The predicted molar refractivity (Wildman–Crippen MR) is 85.7 cm³/mol. The number of rotatable bonds is 3. The molecule has 1 aliphatic rings. The molecule has 0 amide bonds. The van der Waals surface area contributed by atoms with E-state index in [2.05, 4.69) is 46.1 Å². The molecule has 0 N–H and O–H groups in total. The Balaban J connectivity index is 1.60. The number of hydrogen-bond acceptors (Lipinski definition) is 4. The molecule has 128 valence electrons. The van der Waals surface area contributed by atoms with Crippen LogP contribution in [0.2, 0.25) is 0 Å². The molecule has 0 bridgehead atoms. The van der Waals surface area contributed by atoms with Gasteiger partial charge in [0.1, 0.15) is 5.69 Å². The van der Waals surface area contributed by atoms with E-state index in [-0.39, 0.29) is 5.95 Å². The SMILES string of the molecule is Cc1ccc(CN2CCN(c3nccc(C(F)(F)F)n3)CC2)cc1. The van der Waals surface area contributed by atoms with Gasteiger partial charge in [-0.2, -0.15) is 13.2 Å². The molecular weight excluding hydrogens is 317 g/mol. The fourth-order valence-electron chi connectivity index (χ4n) is 2.72. The number of anilines is 1. The first-order valence-corrected chi connectivity index (χ1v) is 7.85. The second-order valence-corrected chi connectivity index (χ2v) is 5.99. The lowest BCUT2D eigenvalue weighted by Gasteiger charge is -2.34. The normalized spacial score (nSPS) is 16.4. The molecule has 4 nitrogen and oxygen atoms in total. The number of alkyl halides is 3. The number of aryl methyl sites for hydroxylation is 1. The number of hydrogen-bond donors (Lipinski definition) is 0. The van der Waals surface area contributed by atoms with Crippen LogP contribution in [0.1, 0.15) is 16.8 Å². The van der Waals surface area contributed by atoms with E-state index in [1.165, 1.54) is 17.3 Å². The largest absolute Gasteiger partial charge is 0.433 e. The summed E-state index contributed by atoms with van der Waals surface area (Å²) in [4.78, 5) is 11.7. The third kappa shape index (κ3) is 4.03. The summed E-state index contributed by atoms with van der Waals surface area (Å²) in [6.07, 6.45) is -3.27. The van der Waals surface area contributed by atoms with Crippen molar-refractivity contribution in [2.45, 2.75) is 19.6 Å². The van der Waals surface area contributed by atoms with Crippen LogP contribution in [0, 0.1) is 6.92 Å². The van der Waals surface area contributed by atoms with E-state index < -0.39 is 11.9 Å². The molecule has 1 saturated heterocycles. The molecule has 0 aliphatic carbocycles. The van der Waals surface area contributed by atoms with E-state index in [1.54, 1.807) is 4.90 Å². The number of halogens is 3. The van der Waals surface area contributed by atoms with Gasteiger partial charge in [0, 0.05) is 38.9 Å². The molecule has 0 spiro atoms. The molecule has 3 rings (SSSR count). The summed E-state index contributed by atoms with van der Waals surface area (Å²) >= 11 is 0. The first-order valence-electron chi connectivity index (χ1n) is 7.85. The second-order valence-electron chi connectivity index (χ2n) is 5.99. The number of aromatic nitrogens is 2. The quantitative estimate of drug-likeness (QED) is 0.862. The lowest BCUT2D eigenvalue weighted by molar-refractivity contribution is -0.141. The van der Waals surface area contributed by atoms with Crippen LogP contribution in [-0.4, -0.2) is 41.0 Å². The molecule has 2 aromatic rings. The Morgan fingerprint density at radius 1 is 1.00 bits per heavy atom. The van der Waals surface area contributed by atoms with Crippen molar-refractivity contribution in [3.8, 4) is 0 Å². The number of benzene rings is 1. The van der Waals surface area contributed by atoms with Gasteiger partial charge < -0.3 is 4.90 Å². The molecule has 7 heteroatoms. The number of nitrogens with zero attached hydrogens (tertiary/aromatic N) is 4. The summed E-state index contributed by atoms with van der Waals surface area (Å²) in [7, 11) is 0. The molecule has 24 heavy (non-hydrogen) atoms. The van der Waals surface area contributed by atoms with Gasteiger partial charge in [0.2, 0.25) is 5.95 Å². The van der Waals surface area contributed by atoms with E-state index in [1.807, 2.05) is 0 Å². The molecule has 0 saturated carbocycles. The van der Waals surface area contributed by atoms with E-state index in [0.717, 1.165) is 25.7 Å². The van der Waals surface area contributed by atoms with Crippen LogP contribution < -0.4 is 4.90 Å². The van der Waals surface area contributed by atoms with Gasteiger partial charge >= 0.3 is 6.18 Å². The van der Waals surface area contributed by atoms with Crippen molar-refractivity contribution in [2.24, 2.45) is 0 Å². The average molecular weight is 336 g/mol. The highest BCUT2D eigenvalue weighted by atomic mass is 19.4. The number of piperazine rings is 1. The molecule has 1 aliphatic heterocycles. The maximum atomic E-state index is 12.8. The minimum atomic E-state index is -4.44. The van der Waals surface area contributed by atoms with Crippen molar-refractivity contribution >= 4 is 5.95 Å². The van der Waals surface area contributed by atoms with Crippen molar-refractivity contribution in [2.75, 3.05) is 31.1 Å². The molecular formula is C17H19F3N4. The highest BCUT2D eigenvalue weighted by Gasteiger charge is 2.33. The lowest BCUT2D eigenvalue weighted by atomic mass is 10.1. The Hall–Kier alpha value is -2.15. The highest BCUT2D eigenvalue weighted by Crippen LogP contribution is 2.28. The molecule has 2 heterocycles. The molecule has 0 atom stereocenters. The van der Waals surface area contributed by atoms with Gasteiger partial charge in [-0.05, 0) is 18.6 Å². The Bertz CT molecular complexity index is 677. The summed E-state index contributed by atoms with van der Waals surface area (Å²) in [6, 6.07) is 9.29. The third-order valence-corrected chi connectivity index (χ3v) is 4.12. The van der Waals surface area contributed by atoms with Crippen LogP contribution in [0.3, 0.4) is 0 Å². The minimum Gasteiger partial charge on any atom is -0.338 e. The average Bonchev–Trinajstić information content (AvgIpc) is 2.57. The van der Waals surface area contributed by atoms with Crippen LogP contribution in [-0.2, 0) is 12.7 Å². The minimum absolute atomic E-state index is 0.153. The van der Waals surface area contributed by atoms with Gasteiger partial charge in [-0.3, -0.25) is 4.90 Å². The fourth-order valence-corrected chi connectivity index (χ4v) is 2.72. The first-order chi connectivity index (χ1) is 11.4. The second kappa shape index (κ2) is 6.76. The van der Waals surface area contributed by atoms with Crippen molar-refractivity contribution < 1.29 is 13.2 Å². The van der Waals surface area contributed by atoms with Gasteiger partial charge in [-0.25, -0.2) is 9.97 Å². The summed E-state index contributed by atoms with van der Waals surface area (Å²) in [5.41, 5.74) is 1.57. The maximum absolute atomic E-state index is 12.8. The van der Waals surface area contributed by atoms with E-state index in [4.69, 9.17) is 0 Å². The van der Waals surface area contributed by atoms with Crippen molar-refractivity contribution in [1.82, 2.24) is 14.9 Å². The Morgan fingerprint density at radius 3 is 2.29 bits per heavy atom.